The van der Waals surface area contributed by atoms with E-state index in [9.17, 15) is 4.39 Å². The zero-order valence-corrected chi connectivity index (χ0v) is 10.7. The Bertz CT molecular complexity index is 600. The SMILES string of the molecule is COc1cc(F)ccc1NC1CCc2cccnc21. The van der Waals surface area contributed by atoms with Crippen molar-refractivity contribution in [2.45, 2.75) is 18.9 Å². The zero-order chi connectivity index (χ0) is 13.2. The molecule has 0 spiro atoms. The summed E-state index contributed by atoms with van der Waals surface area (Å²) in [5.41, 5.74) is 3.15. The van der Waals surface area contributed by atoms with Crippen LogP contribution in [-0.4, -0.2) is 12.1 Å². The predicted molar refractivity (Wildman–Crippen MR) is 71.9 cm³/mol. The Morgan fingerprint density at radius 3 is 3.11 bits per heavy atom. The number of nitrogens with zero attached hydrogens (tertiary/aromatic N) is 1. The van der Waals surface area contributed by atoms with E-state index in [0.29, 0.717) is 5.75 Å². The quantitative estimate of drug-likeness (QED) is 0.917. The summed E-state index contributed by atoms with van der Waals surface area (Å²) < 4.78 is 18.4. The summed E-state index contributed by atoms with van der Waals surface area (Å²) in [5.74, 6) is 0.219. The summed E-state index contributed by atoms with van der Waals surface area (Å²) in [6, 6.07) is 8.74. The smallest absolute Gasteiger partial charge is 0.144 e. The van der Waals surface area contributed by atoms with E-state index in [0.717, 1.165) is 24.2 Å². The van der Waals surface area contributed by atoms with Gasteiger partial charge in [-0.2, -0.15) is 0 Å². The van der Waals surface area contributed by atoms with E-state index in [1.54, 1.807) is 19.4 Å². The van der Waals surface area contributed by atoms with Gasteiger partial charge >= 0.3 is 0 Å². The Morgan fingerprint density at radius 1 is 1.37 bits per heavy atom. The number of ether oxygens (including phenoxy) is 1. The molecule has 4 heteroatoms. The Morgan fingerprint density at radius 2 is 2.26 bits per heavy atom. The Balaban J connectivity index is 1.87. The lowest BCUT2D eigenvalue weighted by molar-refractivity contribution is 0.412. The number of methoxy groups -OCH3 is 1. The van der Waals surface area contributed by atoms with Gasteiger partial charge in [-0.15, -0.1) is 0 Å². The van der Waals surface area contributed by atoms with Crippen molar-refractivity contribution in [1.29, 1.82) is 0 Å². The molecule has 2 aromatic rings. The second-order valence-electron chi connectivity index (χ2n) is 4.63. The van der Waals surface area contributed by atoms with Gasteiger partial charge in [0.2, 0.25) is 0 Å². The van der Waals surface area contributed by atoms with Gasteiger partial charge in [-0.25, -0.2) is 4.39 Å². The highest BCUT2D eigenvalue weighted by atomic mass is 19.1. The molecule has 0 radical (unpaired) electrons. The Labute approximate surface area is 111 Å². The van der Waals surface area contributed by atoms with Gasteiger partial charge in [-0.1, -0.05) is 6.07 Å². The molecule has 0 saturated carbocycles. The number of aromatic nitrogens is 1. The third-order valence-corrected chi connectivity index (χ3v) is 3.45. The molecule has 0 bridgehead atoms. The standard InChI is InChI=1S/C15H15FN2O/c1-19-14-9-11(16)5-7-12(14)18-13-6-4-10-3-2-8-17-15(10)13/h2-3,5,7-9,13,18H,4,6H2,1H3. The van der Waals surface area contributed by atoms with E-state index in [-0.39, 0.29) is 11.9 Å². The average molecular weight is 258 g/mol. The highest BCUT2D eigenvalue weighted by Crippen LogP contribution is 2.35. The maximum absolute atomic E-state index is 13.2. The second kappa shape index (κ2) is 4.88. The van der Waals surface area contributed by atoms with E-state index < -0.39 is 0 Å². The van der Waals surface area contributed by atoms with Crippen molar-refractivity contribution in [3.8, 4) is 5.75 Å². The fourth-order valence-electron chi connectivity index (χ4n) is 2.53. The minimum absolute atomic E-state index is 0.163. The van der Waals surface area contributed by atoms with Gasteiger partial charge in [0.25, 0.3) is 0 Å². The van der Waals surface area contributed by atoms with Gasteiger partial charge in [-0.3, -0.25) is 4.98 Å². The number of nitrogens with one attached hydrogen (secondary N) is 1. The first-order valence-electron chi connectivity index (χ1n) is 6.32. The van der Waals surface area contributed by atoms with Crippen LogP contribution < -0.4 is 10.1 Å². The van der Waals surface area contributed by atoms with Gasteiger partial charge in [0.1, 0.15) is 11.6 Å². The average Bonchev–Trinajstić information content (AvgIpc) is 2.84. The van der Waals surface area contributed by atoms with Crippen molar-refractivity contribution in [1.82, 2.24) is 4.98 Å². The van der Waals surface area contributed by atoms with E-state index >= 15 is 0 Å². The normalized spacial score (nSPS) is 17.1. The summed E-state index contributed by atoms with van der Waals surface area (Å²) in [7, 11) is 1.54. The van der Waals surface area contributed by atoms with Crippen LogP contribution in [0.15, 0.2) is 36.5 Å². The molecule has 1 aromatic carbocycles. The summed E-state index contributed by atoms with van der Waals surface area (Å²) >= 11 is 0. The van der Waals surface area contributed by atoms with Crippen LogP contribution in [0.3, 0.4) is 0 Å². The molecule has 0 aliphatic heterocycles. The molecule has 19 heavy (non-hydrogen) atoms. The monoisotopic (exact) mass is 258 g/mol. The van der Waals surface area contributed by atoms with E-state index in [4.69, 9.17) is 4.74 Å². The summed E-state index contributed by atoms with van der Waals surface area (Å²) in [5, 5.41) is 3.39. The lowest BCUT2D eigenvalue weighted by Gasteiger charge is -2.17. The van der Waals surface area contributed by atoms with Crippen LogP contribution in [0.2, 0.25) is 0 Å². The number of halogens is 1. The fourth-order valence-corrected chi connectivity index (χ4v) is 2.53. The number of rotatable bonds is 3. The molecule has 98 valence electrons. The number of hydrogen-bond donors (Lipinski definition) is 1. The molecule has 0 fully saturated rings. The minimum Gasteiger partial charge on any atom is -0.494 e. The van der Waals surface area contributed by atoms with Crippen molar-refractivity contribution in [3.05, 3.63) is 53.6 Å². The molecule has 1 aromatic heterocycles. The maximum Gasteiger partial charge on any atom is 0.144 e. The second-order valence-corrected chi connectivity index (χ2v) is 4.63. The number of benzene rings is 1. The third-order valence-electron chi connectivity index (χ3n) is 3.45. The molecule has 1 unspecified atom stereocenters. The highest BCUT2D eigenvalue weighted by molar-refractivity contribution is 5.58. The van der Waals surface area contributed by atoms with Crippen molar-refractivity contribution in [2.24, 2.45) is 0 Å². The summed E-state index contributed by atoms with van der Waals surface area (Å²) in [6.45, 7) is 0. The van der Waals surface area contributed by atoms with Crippen molar-refractivity contribution in [2.75, 3.05) is 12.4 Å². The van der Waals surface area contributed by atoms with E-state index in [1.807, 2.05) is 6.07 Å². The molecule has 1 N–H and O–H groups in total. The first-order chi connectivity index (χ1) is 9.28. The van der Waals surface area contributed by atoms with Crippen LogP contribution in [0.25, 0.3) is 0 Å². The van der Waals surface area contributed by atoms with Crippen LogP contribution in [-0.2, 0) is 6.42 Å². The number of aryl methyl sites for hydroxylation is 1. The molecule has 3 rings (SSSR count). The van der Waals surface area contributed by atoms with E-state index in [2.05, 4.69) is 16.4 Å². The first kappa shape index (κ1) is 12.0. The van der Waals surface area contributed by atoms with Crippen molar-refractivity contribution >= 4 is 5.69 Å². The molecule has 0 saturated heterocycles. The molecule has 0 amide bonds. The first-order valence-corrected chi connectivity index (χ1v) is 6.32. The number of anilines is 1. The van der Waals surface area contributed by atoms with Crippen LogP contribution in [0.5, 0.6) is 5.75 Å². The van der Waals surface area contributed by atoms with E-state index in [1.165, 1.54) is 17.7 Å². The van der Waals surface area contributed by atoms with Crippen LogP contribution >= 0.6 is 0 Å². The molecular weight excluding hydrogens is 243 g/mol. The molecule has 3 nitrogen and oxygen atoms in total. The molecule has 1 aliphatic rings. The van der Waals surface area contributed by atoms with Crippen LogP contribution in [0.1, 0.15) is 23.7 Å². The molecule has 1 aliphatic carbocycles. The Hall–Kier alpha value is -2.10. The van der Waals surface area contributed by atoms with Gasteiger partial charge in [-0.05, 0) is 36.6 Å². The number of hydrogen-bond acceptors (Lipinski definition) is 3. The Kier molecular flexibility index (Phi) is 3.07. The van der Waals surface area contributed by atoms with Crippen molar-refractivity contribution in [3.63, 3.8) is 0 Å². The maximum atomic E-state index is 13.2. The van der Waals surface area contributed by atoms with Gasteiger partial charge < -0.3 is 10.1 Å². The fraction of sp³-hybridized carbons (Fsp3) is 0.267. The summed E-state index contributed by atoms with van der Waals surface area (Å²) in [6.07, 6.45) is 3.82. The third kappa shape index (κ3) is 2.26. The van der Waals surface area contributed by atoms with Crippen LogP contribution in [0.4, 0.5) is 10.1 Å². The topological polar surface area (TPSA) is 34.1 Å². The number of pyridine rings is 1. The lowest BCUT2D eigenvalue weighted by Crippen LogP contribution is -2.09. The van der Waals surface area contributed by atoms with Gasteiger partial charge in [0.05, 0.1) is 24.5 Å². The van der Waals surface area contributed by atoms with Gasteiger partial charge in [0, 0.05) is 12.3 Å². The highest BCUT2D eigenvalue weighted by Gasteiger charge is 2.24. The largest absolute Gasteiger partial charge is 0.494 e. The molecule has 1 heterocycles. The predicted octanol–water partition coefficient (Wildman–Crippen LogP) is 3.33. The van der Waals surface area contributed by atoms with Crippen LogP contribution in [0, 0.1) is 5.82 Å². The zero-order valence-electron chi connectivity index (χ0n) is 10.7. The minimum atomic E-state index is -0.299. The molecule has 1 atom stereocenters. The molecular formula is C15H15FN2O. The van der Waals surface area contributed by atoms with Gasteiger partial charge in [0.15, 0.2) is 0 Å². The summed E-state index contributed by atoms with van der Waals surface area (Å²) in [4.78, 5) is 4.43. The number of fused-ring (bicyclic) bond motifs is 1. The van der Waals surface area contributed by atoms with Crippen molar-refractivity contribution < 1.29 is 9.13 Å². The lowest BCUT2D eigenvalue weighted by atomic mass is 10.2.